The van der Waals surface area contributed by atoms with Crippen molar-refractivity contribution < 1.29 is 14.5 Å². The number of methoxy groups -OCH3 is 1. The summed E-state index contributed by atoms with van der Waals surface area (Å²) in [5.74, 6) is -0.367. The van der Waals surface area contributed by atoms with Crippen LogP contribution < -0.4 is 10.1 Å². The van der Waals surface area contributed by atoms with Gasteiger partial charge in [-0.3, -0.25) is 20.2 Å². The lowest BCUT2D eigenvalue weighted by Crippen LogP contribution is -2.62. The number of nitro groups is 1. The Hall–Kier alpha value is -2.93. The van der Waals surface area contributed by atoms with Gasteiger partial charge in [0.05, 0.1) is 13.0 Å². The lowest BCUT2D eigenvalue weighted by molar-refractivity contribution is -0.516. The van der Waals surface area contributed by atoms with Gasteiger partial charge < -0.3 is 9.64 Å². The maximum Gasteiger partial charge on any atom is 0.299 e. The van der Waals surface area contributed by atoms with Gasteiger partial charge in [0, 0.05) is 24.4 Å². The molecule has 0 radical (unpaired) electrons. The van der Waals surface area contributed by atoms with E-state index in [1.807, 2.05) is 43.3 Å². The minimum Gasteiger partial charge on any atom is -0.497 e. The van der Waals surface area contributed by atoms with E-state index < -0.39 is 28.5 Å². The van der Waals surface area contributed by atoms with E-state index in [9.17, 15) is 14.9 Å². The monoisotopic (exact) mass is 381 g/mol. The van der Waals surface area contributed by atoms with Crippen LogP contribution in [0.4, 0.5) is 0 Å². The van der Waals surface area contributed by atoms with Crippen LogP contribution in [-0.2, 0) is 10.5 Å². The Morgan fingerprint density at radius 3 is 2.68 bits per heavy atom. The number of rotatable bonds is 4. The Morgan fingerprint density at radius 2 is 2.00 bits per heavy atom. The summed E-state index contributed by atoms with van der Waals surface area (Å²) in [5, 5.41) is 15.4. The van der Waals surface area contributed by atoms with Crippen LogP contribution in [0.5, 0.6) is 5.75 Å². The normalized spacial score (nSPS) is 26.8. The first-order valence-electron chi connectivity index (χ1n) is 9.37. The van der Waals surface area contributed by atoms with Gasteiger partial charge in [-0.25, -0.2) is 0 Å². The average molecular weight is 381 g/mol. The van der Waals surface area contributed by atoms with E-state index in [0.29, 0.717) is 25.3 Å². The van der Waals surface area contributed by atoms with Crippen LogP contribution in [-0.4, -0.2) is 42.0 Å². The predicted molar refractivity (Wildman–Crippen MR) is 104 cm³/mol. The predicted octanol–water partition coefficient (Wildman–Crippen LogP) is 2.42. The first-order chi connectivity index (χ1) is 13.5. The van der Waals surface area contributed by atoms with Crippen molar-refractivity contribution >= 4 is 5.91 Å². The maximum atomic E-state index is 13.2. The SMILES string of the molecule is COc1cccc(C2CC3(c4ccc(C)cc4)NCCN3C(=O)C2[N+](=O)[O-])c1. The molecule has 2 saturated heterocycles. The molecule has 1 N–H and O–H groups in total. The van der Waals surface area contributed by atoms with Crippen LogP contribution in [0.25, 0.3) is 0 Å². The van der Waals surface area contributed by atoms with Crippen molar-refractivity contribution in [3.63, 3.8) is 0 Å². The van der Waals surface area contributed by atoms with Gasteiger partial charge in [-0.15, -0.1) is 0 Å². The molecule has 4 rings (SSSR count). The summed E-state index contributed by atoms with van der Waals surface area (Å²) in [5.41, 5.74) is 2.10. The fourth-order valence-corrected chi connectivity index (χ4v) is 4.52. The molecule has 2 aliphatic rings. The van der Waals surface area contributed by atoms with Crippen molar-refractivity contribution in [2.45, 2.75) is 31.0 Å². The zero-order chi connectivity index (χ0) is 19.9. The molecule has 7 heteroatoms. The minimum absolute atomic E-state index is 0.431. The molecule has 2 fully saturated rings. The number of aryl methyl sites for hydroxylation is 1. The standard InChI is InChI=1S/C21H23N3O4/c1-14-6-8-16(9-7-14)21-13-18(15-4-3-5-17(12-15)28-2)19(24(26)27)20(25)23(21)11-10-22-21/h3-9,12,18-19,22H,10-11,13H2,1-2H3. The Bertz CT molecular complexity index is 914. The molecule has 0 spiro atoms. The Kier molecular flexibility index (Phi) is 4.55. The topological polar surface area (TPSA) is 84.7 Å². The molecule has 2 heterocycles. The van der Waals surface area contributed by atoms with Crippen molar-refractivity contribution in [1.82, 2.24) is 10.2 Å². The van der Waals surface area contributed by atoms with Gasteiger partial charge in [0.25, 0.3) is 11.9 Å². The number of hydrogen-bond donors (Lipinski definition) is 1. The molecule has 2 aliphatic heterocycles. The van der Waals surface area contributed by atoms with E-state index in [0.717, 1.165) is 16.7 Å². The summed E-state index contributed by atoms with van der Waals surface area (Å²) in [6.45, 7) is 3.08. The Morgan fingerprint density at radius 1 is 1.25 bits per heavy atom. The van der Waals surface area contributed by atoms with Crippen molar-refractivity contribution in [3.05, 3.63) is 75.3 Å². The lowest BCUT2D eigenvalue weighted by atomic mass is 9.76. The number of carbonyl (C=O) groups excluding carboxylic acids is 1. The fourth-order valence-electron chi connectivity index (χ4n) is 4.52. The fraction of sp³-hybridized carbons (Fsp3) is 0.381. The van der Waals surface area contributed by atoms with Crippen molar-refractivity contribution in [3.8, 4) is 5.75 Å². The van der Waals surface area contributed by atoms with E-state index >= 15 is 0 Å². The molecule has 2 aromatic carbocycles. The number of fused-ring (bicyclic) bond motifs is 1. The van der Waals surface area contributed by atoms with Gasteiger partial charge in [-0.1, -0.05) is 42.0 Å². The highest BCUT2D eigenvalue weighted by molar-refractivity contribution is 5.84. The molecule has 3 unspecified atom stereocenters. The molecule has 28 heavy (non-hydrogen) atoms. The summed E-state index contributed by atoms with van der Waals surface area (Å²) in [6.07, 6.45) is 0.431. The third-order valence-electron chi connectivity index (χ3n) is 5.91. The maximum absolute atomic E-state index is 13.2. The van der Waals surface area contributed by atoms with E-state index in [4.69, 9.17) is 4.74 Å². The molecule has 146 valence electrons. The highest BCUT2D eigenvalue weighted by Gasteiger charge is 2.58. The number of nitrogens with one attached hydrogen (secondary N) is 1. The number of hydrogen-bond acceptors (Lipinski definition) is 5. The Labute approximate surface area is 163 Å². The summed E-state index contributed by atoms with van der Waals surface area (Å²) in [4.78, 5) is 26.3. The summed E-state index contributed by atoms with van der Waals surface area (Å²) < 4.78 is 5.30. The van der Waals surface area contributed by atoms with E-state index in [1.165, 1.54) is 0 Å². The molecular formula is C21H23N3O4. The number of piperidine rings is 1. The zero-order valence-electron chi connectivity index (χ0n) is 15.9. The van der Waals surface area contributed by atoms with Gasteiger partial charge in [0.2, 0.25) is 0 Å². The largest absolute Gasteiger partial charge is 0.497 e. The second kappa shape index (κ2) is 6.91. The molecule has 0 saturated carbocycles. The number of carbonyl (C=O) groups is 1. The highest BCUT2D eigenvalue weighted by Crippen LogP contribution is 2.46. The minimum atomic E-state index is -1.30. The van der Waals surface area contributed by atoms with Crippen LogP contribution in [0, 0.1) is 17.0 Å². The molecule has 1 amide bonds. The second-order valence-corrected chi connectivity index (χ2v) is 7.46. The van der Waals surface area contributed by atoms with Gasteiger partial charge in [0.1, 0.15) is 11.4 Å². The van der Waals surface area contributed by atoms with Crippen LogP contribution in [0.1, 0.15) is 29.0 Å². The summed E-state index contributed by atoms with van der Waals surface area (Å²) in [7, 11) is 1.56. The van der Waals surface area contributed by atoms with E-state index in [-0.39, 0.29) is 0 Å². The van der Waals surface area contributed by atoms with Crippen LogP contribution in [0.15, 0.2) is 48.5 Å². The number of nitrogens with zero attached hydrogens (tertiary/aromatic N) is 2. The number of amides is 1. The average Bonchev–Trinajstić information content (AvgIpc) is 3.13. The Balaban J connectivity index is 1.83. The molecule has 2 aromatic rings. The zero-order valence-corrected chi connectivity index (χ0v) is 15.9. The third-order valence-corrected chi connectivity index (χ3v) is 5.91. The van der Waals surface area contributed by atoms with E-state index in [1.54, 1.807) is 24.1 Å². The summed E-state index contributed by atoms with van der Waals surface area (Å²) >= 11 is 0. The number of benzene rings is 2. The third kappa shape index (κ3) is 2.82. The van der Waals surface area contributed by atoms with Crippen molar-refractivity contribution in [2.24, 2.45) is 0 Å². The first-order valence-corrected chi connectivity index (χ1v) is 9.37. The first kappa shape index (κ1) is 18.4. The smallest absolute Gasteiger partial charge is 0.299 e. The molecule has 7 nitrogen and oxygen atoms in total. The molecule has 0 aromatic heterocycles. The van der Waals surface area contributed by atoms with Gasteiger partial charge in [-0.2, -0.15) is 0 Å². The second-order valence-electron chi connectivity index (χ2n) is 7.46. The van der Waals surface area contributed by atoms with Crippen LogP contribution in [0.3, 0.4) is 0 Å². The van der Waals surface area contributed by atoms with E-state index in [2.05, 4.69) is 5.32 Å². The van der Waals surface area contributed by atoms with Gasteiger partial charge >= 0.3 is 0 Å². The lowest BCUT2D eigenvalue weighted by Gasteiger charge is -2.46. The summed E-state index contributed by atoms with van der Waals surface area (Å²) in [6, 6.07) is 14.0. The highest BCUT2D eigenvalue weighted by atomic mass is 16.6. The van der Waals surface area contributed by atoms with Gasteiger partial charge in [-0.05, 0) is 30.2 Å². The number of ether oxygens (including phenoxy) is 1. The van der Waals surface area contributed by atoms with Crippen molar-refractivity contribution in [2.75, 3.05) is 20.2 Å². The van der Waals surface area contributed by atoms with Gasteiger partial charge in [0.15, 0.2) is 0 Å². The molecule has 0 aliphatic carbocycles. The molecule has 0 bridgehead atoms. The van der Waals surface area contributed by atoms with Crippen LogP contribution >= 0.6 is 0 Å². The molecule has 3 atom stereocenters. The molecular weight excluding hydrogens is 358 g/mol. The van der Waals surface area contributed by atoms with Crippen molar-refractivity contribution in [1.29, 1.82) is 0 Å². The quantitative estimate of drug-likeness (QED) is 0.649. The van der Waals surface area contributed by atoms with Crippen LogP contribution in [0.2, 0.25) is 0 Å².